The van der Waals surface area contributed by atoms with Crippen LogP contribution in [-0.2, 0) is 0 Å². The maximum Gasteiger partial charge on any atom is 0.159 e. The number of aromatic nitrogens is 2. The Morgan fingerprint density at radius 2 is 1.96 bits per heavy atom. The molecule has 0 aliphatic carbocycles. The van der Waals surface area contributed by atoms with E-state index >= 15 is 0 Å². The topological polar surface area (TPSA) is 115 Å². The number of benzene rings is 1. The molecule has 0 radical (unpaired) electrons. The Balaban J connectivity index is 2.34. The van der Waals surface area contributed by atoms with Gasteiger partial charge in [0.25, 0.3) is 0 Å². The van der Waals surface area contributed by atoms with Gasteiger partial charge in [-0.05, 0) is 24.6 Å². The summed E-state index contributed by atoms with van der Waals surface area (Å²) >= 11 is 6.10. The van der Waals surface area contributed by atoms with Crippen LogP contribution in [0.1, 0.15) is 5.56 Å². The van der Waals surface area contributed by atoms with Crippen molar-refractivity contribution in [2.24, 2.45) is 0 Å². The minimum absolute atomic E-state index is 0.00454. The third-order valence-electron chi connectivity index (χ3n) is 3.12. The maximum absolute atomic E-state index is 8.86. The van der Waals surface area contributed by atoms with Crippen LogP contribution in [0.5, 0.6) is 0 Å². The molecule has 2 rings (SSSR count). The Morgan fingerprint density at radius 3 is 2.57 bits per heavy atom. The van der Waals surface area contributed by atoms with Crippen LogP contribution in [-0.4, -0.2) is 23.1 Å². The molecule has 0 atom stereocenters. The summed E-state index contributed by atoms with van der Waals surface area (Å²) in [5.41, 5.74) is 8.03. The number of aryl methyl sites for hydroxylation is 1. The zero-order valence-electron chi connectivity index (χ0n) is 12.4. The number of hydrogen-bond donors (Lipinski definition) is 2. The molecule has 0 bridgehead atoms. The molecule has 3 N–H and O–H groups in total. The Kier molecular flexibility index (Phi) is 5.19. The van der Waals surface area contributed by atoms with Crippen LogP contribution in [0.25, 0.3) is 0 Å². The number of nitrogens with zero attached hydrogens (tertiary/aromatic N) is 5. The molecule has 0 spiro atoms. The lowest BCUT2D eigenvalue weighted by Gasteiger charge is -2.20. The third-order valence-corrected chi connectivity index (χ3v) is 3.53. The normalized spacial score (nSPS) is 9.74. The SMILES string of the molecule is Cc1ccc(Nc2ncnc(N(CC#N)CC#N)c2N)cc1Cl. The summed E-state index contributed by atoms with van der Waals surface area (Å²) in [5, 5.41) is 21.4. The van der Waals surface area contributed by atoms with E-state index < -0.39 is 0 Å². The fourth-order valence-corrected chi connectivity index (χ4v) is 2.10. The summed E-state index contributed by atoms with van der Waals surface area (Å²) < 4.78 is 0. The summed E-state index contributed by atoms with van der Waals surface area (Å²) in [6.07, 6.45) is 1.32. The average molecular weight is 328 g/mol. The standard InChI is InChI=1S/C15H14ClN7/c1-10-2-3-11(8-12(10)16)22-14-13(19)15(21-9-20-14)23(6-4-17)7-5-18/h2-3,8-9H,6-7,19H2,1H3,(H,20,21,22). The molecule has 1 aromatic heterocycles. The summed E-state index contributed by atoms with van der Waals surface area (Å²) in [6.45, 7) is 1.92. The van der Waals surface area contributed by atoms with E-state index in [0.29, 0.717) is 16.7 Å². The van der Waals surface area contributed by atoms with Gasteiger partial charge in [0.05, 0.1) is 12.1 Å². The predicted octanol–water partition coefficient (Wildman–Crippen LogP) is 2.62. The van der Waals surface area contributed by atoms with Crippen molar-refractivity contribution in [3.63, 3.8) is 0 Å². The monoisotopic (exact) mass is 327 g/mol. The lowest BCUT2D eigenvalue weighted by molar-refractivity contribution is 0.930. The van der Waals surface area contributed by atoms with E-state index in [9.17, 15) is 0 Å². The average Bonchev–Trinajstić information content (AvgIpc) is 2.53. The molecular weight excluding hydrogens is 314 g/mol. The third kappa shape index (κ3) is 3.79. The van der Waals surface area contributed by atoms with Gasteiger partial charge in [-0.3, -0.25) is 0 Å². The molecule has 8 heteroatoms. The largest absolute Gasteiger partial charge is 0.393 e. The van der Waals surface area contributed by atoms with E-state index in [1.54, 1.807) is 6.07 Å². The first kappa shape index (κ1) is 16.3. The van der Waals surface area contributed by atoms with Crippen LogP contribution in [0.15, 0.2) is 24.5 Å². The molecule has 23 heavy (non-hydrogen) atoms. The van der Waals surface area contributed by atoms with Gasteiger partial charge >= 0.3 is 0 Å². The minimum atomic E-state index is 0.00454. The van der Waals surface area contributed by atoms with E-state index in [4.69, 9.17) is 27.9 Å². The summed E-state index contributed by atoms with van der Waals surface area (Å²) in [5.74, 6) is 0.722. The van der Waals surface area contributed by atoms with Crippen molar-refractivity contribution < 1.29 is 0 Å². The summed E-state index contributed by atoms with van der Waals surface area (Å²) in [6, 6.07) is 9.46. The zero-order valence-corrected chi connectivity index (χ0v) is 13.2. The zero-order chi connectivity index (χ0) is 16.8. The summed E-state index contributed by atoms with van der Waals surface area (Å²) in [7, 11) is 0. The Morgan fingerprint density at radius 1 is 1.26 bits per heavy atom. The molecule has 1 aromatic carbocycles. The lowest BCUT2D eigenvalue weighted by atomic mass is 10.2. The van der Waals surface area contributed by atoms with Gasteiger partial charge in [-0.15, -0.1) is 0 Å². The molecule has 0 amide bonds. The van der Waals surface area contributed by atoms with Crippen molar-refractivity contribution in [2.75, 3.05) is 29.0 Å². The van der Waals surface area contributed by atoms with Crippen LogP contribution < -0.4 is 16.0 Å². The number of halogens is 1. The molecular formula is C15H14ClN7. The highest BCUT2D eigenvalue weighted by Crippen LogP contribution is 2.29. The first-order valence-corrected chi connectivity index (χ1v) is 7.07. The molecule has 116 valence electrons. The molecule has 2 aromatic rings. The molecule has 0 saturated heterocycles. The molecule has 7 nitrogen and oxygen atoms in total. The van der Waals surface area contributed by atoms with Gasteiger partial charge in [0, 0.05) is 10.7 Å². The van der Waals surface area contributed by atoms with Crippen LogP contribution in [0.2, 0.25) is 5.02 Å². The molecule has 0 saturated carbocycles. The smallest absolute Gasteiger partial charge is 0.159 e. The first-order chi connectivity index (χ1) is 11.1. The molecule has 0 aliphatic rings. The van der Waals surface area contributed by atoms with E-state index in [2.05, 4.69) is 15.3 Å². The second kappa shape index (κ2) is 7.30. The number of nitrogen functional groups attached to an aromatic ring is 1. The highest BCUT2D eigenvalue weighted by molar-refractivity contribution is 6.31. The number of nitriles is 2. The Bertz CT molecular complexity index is 775. The summed E-state index contributed by atoms with van der Waals surface area (Å²) in [4.78, 5) is 9.65. The Hall–Kier alpha value is -3.03. The van der Waals surface area contributed by atoms with Gasteiger partial charge in [-0.25, -0.2) is 9.97 Å². The number of nitrogens with one attached hydrogen (secondary N) is 1. The van der Waals surface area contributed by atoms with Crippen LogP contribution in [0.3, 0.4) is 0 Å². The van der Waals surface area contributed by atoms with E-state index in [1.165, 1.54) is 11.2 Å². The number of rotatable bonds is 5. The van der Waals surface area contributed by atoms with E-state index in [1.807, 2.05) is 31.2 Å². The minimum Gasteiger partial charge on any atom is -0.393 e. The molecule has 0 aliphatic heterocycles. The predicted molar refractivity (Wildman–Crippen MR) is 89.4 cm³/mol. The van der Waals surface area contributed by atoms with Gasteiger partial charge in [0.1, 0.15) is 25.1 Å². The van der Waals surface area contributed by atoms with Gasteiger partial charge < -0.3 is 16.0 Å². The first-order valence-electron chi connectivity index (χ1n) is 6.69. The van der Waals surface area contributed by atoms with Crippen LogP contribution in [0.4, 0.5) is 23.0 Å². The highest BCUT2D eigenvalue weighted by atomic mass is 35.5. The molecule has 0 fully saturated rings. The quantitative estimate of drug-likeness (QED) is 0.811. The van der Waals surface area contributed by atoms with Crippen LogP contribution >= 0.6 is 11.6 Å². The van der Waals surface area contributed by atoms with Crippen molar-refractivity contribution in [1.82, 2.24) is 9.97 Å². The van der Waals surface area contributed by atoms with Crippen molar-refractivity contribution in [3.05, 3.63) is 35.1 Å². The fraction of sp³-hybridized carbons (Fsp3) is 0.200. The van der Waals surface area contributed by atoms with Crippen LogP contribution in [0, 0.1) is 29.6 Å². The number of nitrogens with two attached hydrogens (primary N) is 1. The van der Waals surface area contributed by atoms with Crippen molar-refractivity contribution >= 4 is 34.6 Å². The van der Waals surface area contributed by atoms with Gasteiger partial charge in [-0.2, -0.15) is 10.5 Å². The van der Waals surface area contributed by atoms with Crippen molar-refractivity contribution in [2.45, 2.75) is 6.92 Å². The second-order valence-electron chi connectivity index (χ2n) is 4.72. The van der Waals surface area contributed by atoms with Gasteiger partial charge in [0.2, 0.25) is 0 Å². The van der Waals surface area contributed by atoms with E-state index in [-0.39, 0.29) is 18.8 Å². The number of anilines is 4. The van der Waals surface area contributed by atoms with Gasteiger partial charge in [0.15, 0.2) is 11.6 Å². The molecule has 1 heterocycles. The van der Waals surface area contributed by atoms with Crippen molar-refractivity contribution in [3.8, 4) is 12.1 Å². The maximum atomic E-state index is 8.86. The molecule has 0 unspecified atom stereocenters. The highest BCUT2D eigenvalue weighted by Gasteiger charge is 2.15. The van der Waals surface area contributed by atoms with Crippen molar-refractivity contribution in [1.29, 1.82) is 10.5 Å². The van der Waals surface area contributed by atoms with Gasteiger partial charge in [-0.1, -0.05) is 17.7 Å². The number of hydrogen-bond acceptors (Lipinski definition) is 7. The van der Waals surface area contributed by atoms with E-state index in [0.717, 1.165) is 11.3 Å². The second-order valence-corrected chi connectivity index (χ2v) is 5.13. The lowest BCUT2D eigenvalue weighted by Crippen LogP contribution is -2.26. The Labute approximate surface area is 138 Å². The fourth-order valence-electron chi connectivity index (χ4n) is 1.92.